The third-order valence-electron chi connectivity index (χ3n) is 1.76. The highest BCUT2D eigenvalue weighted by Crippen LogP contribution is 2.17. The van der Waals surface area contributed by atoms with Crippen molar-refractivity contribution in [1.82, 2.24) is 9.97 Å². The van der Waals surface area contributed by atoms with Crippen molar-refractivity contribution in [2.24, 2.45) is 5.92 Å². The lowest BCUT2D eigenvalue weighted by molar-refractivity contribution is -0.118. The Morgan fingerprint density at radius 3 is 2.73 bits per heavy atom. The van der Waals surface area contributed by atoms with Crippen molar-refractivity contribution >= 4 is 17.7 Å². The molecule has 1 heterocycles. The van der Waals surface area contributed by atoms with Gasteiger partial charge in [0.1, 0.15) is 0 Å². The zero-order valence-corrected chi connectivity index (χ0v) is 8.94. The Morgan fingerprint density at radius 1 is 1.60 bits per heavy atom. The van der Waals surface area contributed by atoms with E-state index in [4.69, 9.17) is 10.5 Å². The van der Waals surface area contributed by atoms with Gasteiger partial charge in [-0.1, -0.05) is 13.8 Å². The number of nitrogens with two attached hydrogens (primary N) is 1. The fraction of sp³-hybridized carbons (Fsp3) is 0.444. The van der Waals surface area contributed by atoms with Crippen LogP contribution in [0.4, 0.5) is 11.8 Å². The minimum absolute atomic E-state index is 0.128. The maximum absolute atomic E-state index is 11.3. The van der Waals surface area contributed by atoms with E-state index >= 15 is 0 Å². The van der Waals surface area contributed by atoms with Crippen LogP contribution in [0.5, 0.6) is 5.75 Å². The number of carbonyl (C=O) groups excluding carboxylic acids is 1. The van der Waals surface area contributed by atoms with Crippen molar-refractivity contribution in [3.8, 4) is 5.75 Å². The highest BCUT2D eigenvalue weighted by atomic mass is 16.5. The molecule has 0 aliphatic carbocycles. The first kappa shape index (κ1) is 11.2. The van der Waals surface area contributed by atoms with Crippen LogP contribution in [0.1, 0.15) is 13.8 Å². The molecule has 0 fully saturated rings. The number of nitrogens with one attached hydrogen (secondary N) is 1. The van der Waals surface area contributed by atoms with E-state index in [1.807, 2.05) is 0 Å². The average molecular weight is 210 g/mol. The molecular formula is C9H14N4O2. The average Bonchev–Trinajstić information content (AvgIpc) is 2.18. The van der Waals surface area contributed by atoms with Crippen LogP contribution in [0.2, 0.25) is 0 Å². The molecule has 0 spiro atoms. The molecule has 0 unspecified atom stereocenters. The van der Waals surface area contributed by atoms with E-state index in [0.717, 1.165) is 0 Å². The van der Waals surface area contributed by atoms with Crippen LogP contribution in [0.25, 0.3) is 0 Å². The summed E-state index contributed by atoms with van der Waals surface area (Å²) in [5, 5.41) is 2.54. The second-order valence-corrected chi connectivity index (χ2v) is 3.29. The summed E-state index contributed by atoms with van der Waals surface area (Å²) >= 11 is 0. The zero-order chi connectivity index (χ0) is 11.4. The summed E-state index contributed by atoms with van der Waals surface area (Å²) in [6.07, 6.45) is 1.41. The number of rotatable bonds is 3. The molecule has 0 radical (unpaired) electrons. The first-order valence-electron chi connectivity index (χ1n) is 4.52. The number of aromatic nitrogens is 2. The first-order valence-corrected chi connectivity index (χ1v) is 4.52. The van der Waals surface area contributed by atoms with Gasteiger partial charge < -0.3 is 10.5 Å². The zero-order valence-electron chi connectivity index (χ0n) is 8.94. The van der Waals surface area contributed by atoms with Gasteiger partial charge in [0, 0.05) is 5.92 Å². The SMILES string of the molecule is COc1cnc(NC(=O)C(C)C)nc1N. The van der Waals surface area contributed by atoms with Gasteiger partial charge in [0.2, 0.25) is 11.9 Å². The predicted octanol–water partition coefficient (Wildman–Crippen LogP) is 0.662. The number of methoxy groups -OCH3 is 1. The molecule has 0 atom stereocenters. The molecule has 82 valence electrons. The van der Waals surface area contributed by atoms with Gasteiger partial charge in [-0.2, -0.15) is 4.98 Å². The second-order valence-electron chi connectivity index (χ2n) is 3.29. The molecular weight excluding hydrogens is 196 g/mol. The molecule has 0 bridgehead atoms. The predicted molar refractivity (Wildman–Crippen MR) is 56.5 cm³/mol. The number of carbonyl (C=O) groups is 1. The minimum Gasteiger partial charge on any atom is -0.491 e. The Labute approximate surface area is 87.9 Å². The molecule has 3 N–H and O–H groups in total. The standard InChI is InChI=1S/C9H14N4O2/c1-5(2)8(14)13-9-11-4-6(15-3)7(10)12-9/h4-5H,1-3H3,(H3,10,11,12,13,14). The number of hydrogen-bond donors (Lipinski definition) is 2. The Kier molecular flexibility index (Phi) is 3.43. The molecule has 1 aromatic heterocycles. The molecule has 0 aliphatic rings. The maximum atomic E-state index is 11.3. The normalized spacial score (nSPS) is 10.1. The van der Waals surface area contributed by atoms with Gasteiger partial charge in [-0.3, -0.25) is 10.1 Å². The third-order valence-corrected chi connectivity index (χ3v) is 1.76. The molecule has 0 saturated carbocycles. The molecule has 6 nitrogen and oxygen atoms in total. The van der Waals surface area contributed by atoms with Crippen molar-refractivity contribution in [3.63, 3.8) is 0 Å². The smallest absolute Gasteiger partial charge is 0.231 e. The van der Waals surface area contributed by atoms with Gasteiger partial charge in [-0.15, -0.1) is 0 Å². The third kappa shape index (κ3) is 2.80. The lowest BCUT2D eigenvalue weighted by Crippen LogP contribution is -2.19. The molecule has 1 amide bonds. The molecule has 15 heavy (non-hydrogen) atoms. The summed E-state index contributed by atoms with van der Waals surface area (Å²) in [5.74, 6) is 0.493. The summed E-state index contributed by atoms with van der Waals surface area (Å²) in [7, 11) is 1.47. The summed E-state index contributed by atoms with van der Waals surface area (Å²) < 4.78 is 4.89. The van der Waals surface area contributed by atoms with Gasteiger partial charge in [0.15, 0.2) is 11.6 Å². The highest BCUT2D eigenvalue weighted by Gasteiger charge is 2.10. The number of nitrogen functional groups attached to an aromatic ring is 1. The van der Waals surface area contributed by atoms with Crippen molar-refractivity contribution in [2.75, 3.05) is 18.2 Å². The second kappa shape index (κ2) is 4.59. The van der Waals surface area contributed by atoms with Crippen LogP contribution in [-0.2, 0) is 4.79 Å². The Morgan fingerprint density at radius 2 is 2.27 bits per heavy atom. The van der Waals surface area contributed by atoms with Crippen LogP contribution in [-0.4, -0.2) is 23.0 Å². The number of ether oxygens (including phenoxy) is 1. The van der Waals surface area contributed by atoms with Gasteiger partial charge in [-0.05, 0) is 0 Å². The van der Waals surface area contributed by atoms with Gasteiger partial charge in [0.05, 0.1) is 13.3 Å². The Bertz CT molecular complexity index is 365. The fourth-order valence-electron chi connectivity index (χ4n) is 0.856. The molecule has 1 aromatic rings. The Balaban J connectivity index is 2.80. The number of hydrogen-bond acceptors (Lipinski definition) is 5. The van der Waals surface area contributed by atoms with Gasteiger partial charge in [0.25, 0.3) is 0 Å². The molecule has 0 saturated heterocycles. The van der Waals surface area contributed by atoms with Crippen LogP contribution < -0.4 is 15.8 Å². The minimum atomic E-state index is -0.153. The van der Waals surface area contributed by atoms with E-state index in [1.54, 1.807) is 13.8 Å². The monoisotopic (exact) mass is 210 g/mol. The van der Waals surface area contributed by atoms with Crippen molar-refractivity contribution in [2.45, 2.75) is 13.8 Å². The maximum Gasteiger partial charge on any atom is 0.231 e. The summed E-state index contributed by atoms with van der Waals surface area (Å²) in [6, 6.07) is 0. The Hall–Kier alpha value is -1.85. The van der Waals surface area contributed by atoms with Crippen LogP contribution in [0.3, 0.4) is 0 Å². The largest absolute Gasteiger partial charge is 0.491 e. The van der Waals surface area contributed by atoms with Crippen molar-refractivity contribution in [3.05, 3.63) is 6.20 Å². The van der Waals surface area contributed by atoms with Crippen molar-refractivity contribution < 1.29 is 9.53 Å². The quantitative estimate of drug-likeness (QED) is 0.764. The van der Waals surface area contributed by atoms with E-state index in [1.165, 1.54) is 13.3 Å². The summed E-state index contributed by atoms with van der Waals surface area (Å²) in [6.45, 7) is 3.56. The van der Waals surface area contributed by atoms with Crippen molar-refractivity contribution in [1.29, 1.82) is 0 Å². The molecule has 6 heteroatoms. The van der Waals surface area contributed by atoms with E-state index in [9.17, 15) is 4.79 Å². The topological polar surface area (TPSA) is 90.1 Å². The number of anilines is 2. The number of amides is 1. The van der Waals surface area contributed by atoms with E-state index < -0.39 is 0 Å². The van der Waals surface area contributed by atoms with Crippen LogP contribution in [0, 0.1) is 5.92 Å². The van der Waals surface area contributed by atoms with E-state index in [-0.39, 0.29) is 23.6 Å². The highest BCUT2D eigenvalue weighted by molar-refractivity contribution is 5.90. The van der Waals surface area contributed by atoms with Crippen LogP contribution in [0.15, 0.2) is 6.20 Å². The number of nitrogens with zero attached hydrogens (tertiary/aromatic N) is 2. The molecule has 1 rings (SSSR count). The molecule has 0 aliphatic heterocycles. The van der Waals surface area contributed by atoms with E-state index in [2.05, 4.69) is 15.3 Å². The van der Waals surface area contributed by atoms with Crippen LogP contribution >= 0.6 is 0 Å². The van der Waals surface area contributed by atoms with E-state index in [0.29, 0.717) is 5.75 Å². The lowest BCUT2D eigenvalue weighted by Gasteiger charge is -2.07. The first-order chi connectivity index (χ1) is 7.04. The summed E-state index contributed by atoms with van der Waals surface area (Å²) in [5.41, 5.74) is 5.56. The van der Waals surface area contributed by atoms with Gasteiger partial charge in [-0.25, -0.2) is 4.98 Å². The molecule has 0 aromatic carbocycles. The fourth-order valence-corrected chi connectivity index (χ4v) is 0.856. The lowest BCUT2D eigenvalue weighted by atomic mass is 10.2. The van der Waals surface area contributed by atoms with Gasteiger partial charge >= 0.3 is 0 Å². The summed E-state index contributed by atoms with van der Waals surface area (Å²) in [4.78, 5) is 19.1.